The molecule has 4 nitrogen and oxygen atoms in total. The molecule has 0 spiro atoms. The summed E-state index contributed by atoms with van der Waals surface area (Å²) in [4.78, 5) is 16.2. The van der Waals surface area contributed by atoms with Crippen molar-refractivity contribution in [1.82, 2.24) is 10.3 Å². The van der Waals surface area contributed by atoms with Gasteiger partial charge < -0.3 is 9.73 Å². The van der Waals surface area contributed by atoms with Gasteiger partial charge in [-0.05, 0) is 20.3 Å². The van der Waals surface area contributed by atoms with Gasteiger partial charge in [-0.2, -0.15) is 0 Å². The van der Waals surface area contributed by atoms with Crippen LogP contribution >= 0.6 is 0 Å². The van der Waals surface area contributed by atoms with Crippen molar-refractivity contribution in [1.29, 1.82) is 0 Å². The molecule has 0 aliphatic heterocycles. The molecule has 1 atom stereocenters. The van der Waals surface area contributed by atoms with Crippen LogP contribution in [0.25, 0.3) is 0 Å². The van der Waals surface area contributed by atoms with Gasteiger partial charge in [0.25, 0.3) is 0 Å². The SMILES string of the molecule is CCC(C)NC(=O)CCc1oc(C(C)(C)C)nc1C. The maximum atomic E-state index is 11.7. The molecule has 0 aliphatic carbocycles. The lowest BCUT2D eigenvalue weighted by atomic mass is 9.97. The fourth-order valence-corrected chi connectivity index (χ4v) is 1.66. The predicted octanol–water partition coefficient (Wildman–Crippen LogP) is 3.13. The van der Waals surface area contributed by atoms with E-state index in [9.17, 15) is 4.79 Å². The minimum Gasteiger partial charge on any atom is -0.445 e. The highest BCUT2D eigenvalue weighted by molar-refractivity contribution is 5.76. The van der Waals surface area contributed by atoms with E-state index in [1.807, 2.05) is 13.8 Å². The van der Waals surface area contributed by atoms with Gasteiger partial charge in [-0.3, -0.25) is 4.79 Å². The summed E-state index contributed by atoms with van der Waals surface area (Å²) in [6, 6.07) is 0.230. The smallest absolute Gasteiger partial charge is 0.220 e. The number of carbonyl (C=O) groups is 1. The first-order valence-corrected chi connectivity index (χ1v) is 7.00. The number of hydrogen-bond acceptors (Lipinski definition) is 3. The molecule has 1 heterocycles. The van der Waals surface area contributed by atoms with Gasteiger partial charge in [-0.15, -0.1) is 0 Å². The average molecular weight is 266 g/mol. The highest BCUT2D eigenvalue weighted by Crippen LogP contribution is 2.24. The van der Waals surface area contributed by atoms with Crippen LogP contribution in [-0.4, -0.2) is 16.9 Å². The van der Waals surface area contributed by atoms with E-state index >= 15 is 0 Å². The van der Waals surface area contributed by atoms with Crippen LogP contribution in [0.4, 0.5) is 0 Å². The van der Waals surface area contributed by atoms with Crippen LogP contribution in [0.15, 0.2) is 4.42 Å². The van der Waals surface area contributed by atoms with E-state index in [4.69, 9.17) is 4.42 Å². The first-order valence-electron chi connectivity index (χ1n) is 7.00. The third-order valence-corrected chi connectivity index (χ3v) is 3.13. The summed E-state index contributed by atoms with van der Waals surface area (Å²) in [5, 5.41) is 2.96. The summed E-state index contributed by atoms with van der Waals surface area (Å²) in [7, 11) is 0. The molecule has 4 heteroatoms. The Bertz CT molecular complexity index is 430. The molecule has 108 valence electrons. The highest BCUT2D eigenvalue weighted by atomic mass is 16.4. The lowest BCUT2D eigenvalue weighted by Crippen LogP contribution is -2.32. The molecular formula is C15H26N2O2. The number of rotatable bonds is 5. The molecule has 1 aromatic rings. The molecule has 0 fully saturated rings. The number of amides is 1. The Morgan fingerprint density at radius 2 is 2.05 bits per heavy atom. The van der Waals surface area contributed by atoms with E-state index in [0.717, 1.165) is 23.8 Å². The molecule has 1 aromatic heterocycles. The number of nitrogens with zero attached hydrogens (tertiary/aromatic N) is 1. The van der Waals surface area contributed by atoms with E-state index in [0.29, 0.717) is 12.8 Å². The van der Waals surface area contributed by atoms with Gasteiger partial charge in [0.15, 0.2) is 5.89 Å². The minimum absolute atomic E-state index is 0.0717. The van der Waals surface area contributed by atoms with Gasteiger partial charge in [-0.25, -0.2) is 4.98 Å². The quantitative estimate of drug-likeness (QED) is 0.890. The molecule has 0 saturated carbocycles. The summed E-state index contributed by atoms with van der Waals surface area (Å²) in [6.07, 6.45) is 2.00. The van der Waals surface area contributed by atoms with Crippen molar-refractivity contribution in [2.24, 2.45) is 0 Å². The van der Waals surface area contributed by atoms with Crippen LogP contribution in [0.1, 0.15) is 64.8 Å². The van der Waals surface area contributed by atoms with Gasteiger partial charge in [0, 0.05) is 24.3 Å². The maximum absolute atomic E-state index is 11.7. The summed E-state index contributed by atoms with van der Waals surface area (Å²) < 4.78 is 5.77. The fourth-order valence-electron chi connectivity index (χ4n) is 1.66. The van der Waals surface area contributed by atoms with Crippen LogP contribution in [0.5, 0.6) is 0 Å². The Morgan fingerprint density at radius 1 is 1.42 bits per heavy atom. The number of oxazole rings is 1. The second-order valence-corrected chi connectivity index (χ2v) is 6.15. The van der Waals surface area contributed by atoms with E-state index < -0.39 is 0 Å². The summed E-state index contributed by atoms with van der Waals surface area (Å²) >= 11 is 0. The molecule has 1 N–H and O–H groups in total. The Kier molecular flexibility index (Phi) is 5.15. The number of aryl methyl sites for hydroxylation is 2. The first-order chi connectivity index (χ1) is 8.74. The molecule has 0 saturated heterocycles. The molecule has 1 unspecified atom stereocenters. The Morgan fingerprint density at radius 3 is 2.53 bits per heavy atom. The standard InChI is InChI=1S/C15H26N2O2/c1-7-10(2)16-13(18)9-8-12-11(3)17-14(19-12)15(4,5)6/h10H,7-9H2,1-6H3,(H,16,18). The lowest BCUT2D eigenvalue weighted by molar-refractivity contribution is -0.121. The summed E-state index contributed by atoms with van der Waals surface area (Å²) in [5.74, 6) is 1.63. The van der Waals surface area contributed by atoms with Gasteiger partial charge in [-0.1, -0.05) is 27.7 Å². The van der Waals surface area contributed by atoms with Crippen molar-refractivity contribution < 1.29 is 9.21 Å². The van der Waals surface area contributed by atoms with Crippen LogP contribution < -0.4 is 5.32 Å². The maximum Gasteiger partial charge on any atom is 0.220 e. The zero-order valence-electron chi connectivity index (χ0n) is 13.0. The van der Waals surface area contributed by atoms with Crippen molar-refractivity contribution in [3.8, 4) is 0 Å². The second kappa shape index (κ2) is 6.22. The molecule has 19 heavy (non-hydrogen) atoms. The highest BCUT2D eigenvalue weighted by Gasteiger charge is 2.22. The Balaban J connectivity index is 2.59. The normalized spacial score (nSPS) is 13.4. The zero-order chi connectivity index (χ0) is 14.6. The van der Waals surface area contributed by atoms with Gasteiger partial charge in [0.1, 0.15) is 5.76 Å². The summed E-state index contributed by atoms with van der Waals surface area (Å²) in [5.41, 5.74) is 0.795. The van der Waals surface area contributed by atoms with Crippen molar-refractivity contribution in [3.63, 3.8) is 0 Å². The fraction of sp³-hybridized carbons (Fsp3) is 0.733. The number of aromatic nitrogens is 1. The van der Waals surface area contributed by atoms with Crippen molar-refractivity contribution in [2.45, 2.75) is 72.3 Å². The van der Waals surface area contributed by atoms with E-state index in [1.54, 1.807) is 0 Å². The number of carbonyl (C=O) groups excluding carboxylic acids is 1. The van der Waals surface area contributed by atoms with Crippen LogP contribution in [0.2, 0.25) is 0 Å². The summed E-state index contributed by atoms with van der Waals surface area (Å²) in [6.45, 7) is 12.2. The molecule has 0 aromatic carbocycles. The zero-order valence-corrected chi connectivity index (χ0v) is 13.0. The Hall–Kier alpha value is -1.32. The van der Waals surface area contributed by atoms with E-state index in [-0.39, 0.29) is 17.4 Å². The lowest BCUT2D eigenvalue weighted by Gasteiger charge is -2.12. The minimum atomic E-state index is -0.0952. The molecule has 1 rings (SSSR count). The van der Waals surface area contributed by atoms with Gasteiger partial charge >= 0.3 is 0 Å². The first kappa shape index (κ1) is 15.7. The van der Waals surface area contributed by atoms with Crippen LogP contribution in [0, 0.1) is 6.92 Å². The predicted molar refractivity (Wildman–Crippen MR) is 76.2 cm³/mol. The van der Waals surface area contributed by atoms with Crippen molar-refractivity contribution >= 4 is 5.91 Å². The largest absolute Gasteiger partial charge is 0.445 e. The van der Waals surface area contributed by atoms with Crippen molar-refractivity contribution in [2.75, 3.05) is 0 Å². The van der Waals surface area contributed by atoms with E-state index in [2.05, 4.69) is 38.0 Å². The topological polar surface area (TPSA) is 55.1 Å². The molecule has 0 aliphatic rings. The Labute approximate surface area is 116 Å². The van der Waals surface area contributed by atoms with Crippen molar-refractivity contribution in [3.05, 3.63) is 17.3 Å². The third-order valence-electron chi connectivity index (χ3n) is 3.13. The van der Waals surface area contributed by atoms with E-state index in [1.165, 1.54) is 0 Å². The van der Waals surface area contributed by atoms with Gasteiger partial charge in [0.2, 0.25) is 5.91 Å². The molecular weight excluding hydrogens is 240 g/mol. The molecule has 1 amide bonds. The average Bonchev–Trinajstić information content (AvgIpc) is 2.67. The molecule has 0 radical (unpaired) electrons. The van der Waals surface area contributed by atoms with Gasteiger partial charge in [0.05, 0.1) is 5.69 Å². The van der Waals surface area contributed by atoms with Crippen LogP contribution in [-0.2, 0) is 16.6 Å². The van der Waals surface area contributed by atoms with Crippen LogP contribution in [0.3, 0.4) is 0 Å². The second-order valence-electron chi connectivity index (χ2n) is 6.15. The number of hydrogen-bond donors (Lipinski definition) is 1. The third kappa shape index (κ3) is 4.69. The monoisotopic (exact) mass is 266 g/mol. The molecule has 0 bridgehead atoms. The number of nitrogens with one attached hydrogen (secondary N) is 1.